The van der Waals surface area contributed by atoms with E-state index in [4.69, 9.17) is 46.3 Å². The molecule has 10 N–H and O–H groups in total. The van der Waals surface area contributed by atoms with Crippen LogP contribution in [0.1, 0.15) is 20.8 Å². The van der Waals surface area contributed by atoms with E-state index >= 15 is 0 Å². The van der Waals surface area contributed by atoms with Crippen LogP contribution >= 0.6 is 0 Å². The summed E-state index contributed by atoms with van der Waals surface area (Å²) in [5.74, 6) is -3.26. The maximum atomic E-state index is 9.00. The zero-order valence-corrected chi connectivity index (χ0v) is 19.2. The van der Waals surface area contributed by atoms with Crippen LogP contribution in [0, 0.1) is 0 Å². The van der Waals surface area contributed by atoms with Gasteiger partial charge in [0.25, 0.3) is 17.9 Å². The fourth-order valence-electron chi connectivity index (χ4n) is 0. The molecule has 0 aliphatic rings. The van der Waals surface area contributed by atoms with E-state index in [1.54, 1.807) is 0 Å². The minimum atomic E-state index is -0.833. The van der Waals surface area contributed by atoms with Gasteiger partial charge in [-0.25, -0.2) is 0 Å². The molecule has 0 saturated heterocycles. The van der Waals surface area contributed by atoms with E-state index in [-0.39, 0.29) is 94.5 Å². The third kappa shape index (κ3) is 362. The second-order valence-electron chi connectivity index (χ2n) is 2.40. The topological polar surface area (TPSA) is 210 Å². The quantitative estimate of drug-likeness (QED) is 0.164. The van der Waals surface area contributed by atoms with Gasteiger partial charge in [-0.3, -0.25) is 14.4 Å². The molecular weight excluding hydrogens is 319 g/mol. The minimum Gasteiger partial charge on any atom is -0.492 e. The molecule has 0 spiro atoms. The van der Waals surface area contributed by atoms with Crippen molar-refractivity contribution in [2.75, 3.05) is 0 Å². The predicted octanol–water partition coefficient (Wildman–Crippen LogP) is -10.2. The minimum absolute atomic E-state index is 0. The standard InChI is InChI=1S/C2H7N3O.3C2H4O2.3Na/c3-1(4)2(5)6;3*1-2(3)4;;;/h6H,3-5H2;3*1H3,(H,3,4);;;/q;;;;3*+1. The maximum Gasteiger partial charge on any atom is 1.00 e. The van der Waals surface area contributed by atoms with Gasteiger partial charge in [0, 0.05) is 20.8 Å². The molecular formula is C8H19N3Na3O7+3. The molecule has 0 aromatic heterocycles. The summed E-state index contributed by atoms with van der Waals surface area (Å²) in [4.78, 5) is 27.0. The maximum absolute atomic E-state index is 9.00. The smallest absolute Gasteiger partial charge is 0.492 e. The van der Waals surface area contributed by atoms with Crippen LogP contribution in [0.25, 0.3) is 0 Å². The Labute approximate surface area is 189 Å². The van der Waals surface area contributed by atoms with Gasteiger partial charge in [0.05, 0.1) is 0 Å². The van der Waals surface area contributed by atoms with Gasteiger partial charge in [-0.2, -0.15) is 0 Å². The van der Waals surface area contributed by atoms with E-state index in [0.717, 1.165) is 20.8 Å². The Morgan fingerprint density at radius 1 is 0.619 bits per heavy atom. The Morgan fingerprint density at radius 2 is 0.667 bits per heavy atom. The summed E-state index contributed by atoms with van der Waals surface area (Å²) in [5.41, 5.74) is 14.1. The summed E-state index contributed by atoms with van der Waals surface area (Å²) in [6.07, 6.45) is 0. The number of hydrogen-bond donors (Lipinski definition) is 7. The van der Waals surface area contributed by atoms with Gasteiger partial charge >= 0.3 is 88.7 Å². The summed E-state index contributed by atoms with van der Waals surface area (Å²) in [7, 11) is 0. The number of carboxylic acids is 3. The number of nitrogens with two attached hydrogens (primary N) is 3. The van der Waals surface area contributed by atoms with Crippen molar-refractivity contribution in [2.24, 2.45) is 17.2 Å². The van der Waals surface area contributed by atoms with Gasteiger partial charge in [0.2, 0.25) is 5.88 Å². The molecule has 0 aliphatic heterocycles. The summed E-state index contributed by atoms with van der Waals surface area (Å²) < 4.78 is 0. The van der Waals surface area contributed by atoms with E-state index in [0.29, 0.717) is 0 Å². The van der Waals surface area contributed by atoms with Crippen LogP contribution in [-0.4, -0.2) is 38.3 Å². The molecule has 10 nitrogen and oxygen atoms in total. The Bertz CT molecular complexity index is 242. The molecule has 0 aromatic carbocycles. The van der Waals surface area contributed by atoms with Gasteiger partial charge in [-0.1, -0.05) is 0 Å². The van der Waals surface area contributed by atoms with Crippen LogP contribution in [0.5, 0.6) is 0 Å². The molecule has 0 amide bonds. The van der Waals surface area contributed by atoms with Gasteiger partial charge in [-0.15, -0.1) is 0 Å². The van der Waals surface area contributed by atoms with Gasteiger partial charge in [0.1, 0.15) is 0 Å². The largest absolute Gasteiger partial charge is 1.00 e. The zero-order chi connectivity index (χ0) is 15.9. The van der Waals surface area contributed by atoms with E-state index in [2.05, 4.69) is 5.73 Å². The van der Waals surface area contributed by atoms with Crippen molar-refractivity contribution < 1.29 is 123 Å². The second-order valence-corrected chi connectivity index (χ2v) is 2.40. The van der Waals surface area contributed by atoms with Crippen LogP contribution in [0.3, 0.4) is 0 Å². The molecule has 21 heavy (non-hydrogen) atoms. The molecule has 0 bridgehead atoms. The van der Waals surface area contributed by atoms with Gasteiger partial charge < -0.3 is 37.6 Å². The SMILES string of the molecule is CC(=O)O.CC(=O)O.CC(=O)O.NC(N)=C(N)O.[Na+].[Na+].[Na+]. The number of carbonyl (C=O) groups is 3. The van der Waals surface area contributed by atoms with Crippen LogP contribution in [0.4, 0.5) is 0 Å². The molecule has 0 rings (SSSR count). The van der Waals surface area contributed by atoms with Crippen molar-refractivity contribution in [1.29, 1.82) is 0 Å². The third-order valence-electron chi connectivity index (χ3n) is 0.296. The molecule has 0 fully saturated rings. The van der Waals surface area contributed by atoms with E-state index in [9.17, 15) is 0 Å². The van der Waals surface area contributed by atoms with Crippen molar-refractivity contribution in [3.8, 4) is 0 Å². The number of aliphatic hydroxyl groups is 1. The van der Waals surface area contributed by atoms with Crippen molar-refractivity contribution in [3.63, 3.8) is 0 Å². The van der Waals surface area contributed by atoms with Crippen molar-refractivity contribution in [3.05, 3.63) is 11.7 Å². The fraction of sp³-hybridized carbons (Fsp3) is 0.375. The Kier molecular flexibility index (Phi) is 66.1. The monoisotopic (exact) mass is 338 g/mol. The first-order chi connectivity index (χ1) is 7.84. The van der Waals surface area contributed by atoms with Crippen molar-refractivity contribution in [1.82, 2.24) is 0 Å². The Balaban J connectivity index is -0.0000000242. The number of carboxylic acid groups (broad SMARTS) is 3. The number of hydrogen-bond acceptors (Lipinski definition) is 7. The summed E-state index contributed by atoms with van der Waals surface area (Å²) in [6.45, 7) is 3.25. The number of aliphatic carboxylic acids is 3. The molecule has 0 heterocycles. The van der Waals surface area contributed by atoms with Gasteiger partial charge in [0.15, 0.2) is 5.82 Å². The Hall–Kier alpha value is 0.350. The van der Waals surface area contributed by atoms with Crippen LogP contribution in [-0.2, 0) is 14.4 Å². The average molecular weight is 338 g/mol. The van der Waals surface area contributed by atoms with Crippen LogP contribution in [0.15, 0.2) is 11.7 Å². The molecule has 0 saturated carbocycles. The predicted molar refractivity (Wildman–Crippen MR) is 62.1 cm³/mol. The molecule has 108 valence electrons. The van der Waals surface area contributed by atoms with Crippen LogP contribution < -0.4 is 106 Å². The molecule has 0 aromatic rings. The van der Waals surface area contributed by atoms with E-state index < -0.39 is 23.8 Å². The Morgan fingerprint density at radius 3 is 0.667 bits per heavy atom. The molecule has 0 radical (unpaired) electrons. The van der Waals surface area contributed by atoms with Crippen molar-refractivity contribution >= 4 is 17.9 Å². The molecule has 0 aliphatic carbocycles. The zero-order valence-electron chi connectivity index (χ0n) is 13.2. The number of rotatable bonds is 0. The molecule has 13 heteroatoms. The van der Waals surface area contributed by atoms with E-state index in [1.807, 2.05) is 0 Å². The average Bonchev–Trinajstić information content (AvgIpc) is 1.99. The number of aliphatic hydroxyl groups excluding tert-OH is 1. The van der Waals surface area contributed by atoms with Gasteiger partial charge in [-0.05, 0) is 0 Å². The first-order valence-corrected chi connectivity index (χ1v) is 4.12. The fourth-order valence-corrected chi connectivity index (χ4v) is 0. The molecule has 0 atom stereocenters. The normalized spacial score (nSPS) is 5.67. The molecule has 0 unspecified atom stereocenters. The third-order valence-corrected chi connectivity index (χ3v) is 0.296. The first kappa shape index (κ1) is 42.9. The summed E-state index contributed by atoms with van der Waals surface area (Å²) >= 11 is 0. The van der Waals surface area contributed by atoms with Crippen molar-refractivity contribution in [2.45, 2.75) is 20.8 Å². The first-order valence-electron chi connectivity index (χ1n) is 4.12. The van der Waals surface area contributed by atoms with E-state index in [1.165, 1.54) is 0 Å². The second kappa shape index (κ2) is 32.3. The van der Waals surface area contributed by atoms with Crippen LogP contribution in [0.2, 0.25) is 0 Å². The summed E-state index contributed by atoms with van der Waals surface area (Å²) in [5, 5.41) is 30.3. The summed E-state index contributed by atoms with van der Waals surface area (Å²) in [6, 6.07) is 0.